The molecule has 0 aliphatic carbocycles. The molecule has 0 aromatic heterocycles. The van der Waals surface area contributed by atoms with Gasteiger partial charge in [0.15, 0.2) is 0 Å². The summed E-state index contributed by atoms with van der Waals surface area (Å²) in [6.45, 7) is 4.51. The van der Waals surface area contributed by atoms with Crippen molar-refractivity contribution in [2.45, 2.75) is 26.4 Å². The summed E-state index contributed by atoms with van der Waals surface area (Å²) in [6.07, 6.45) is 2.58. The van der Waals surface area contributed by atoms with Crippen LogP contribution in [0.2, 0.25) is 0 Å². The molecule has 0 bridgehead atoms. The molecule has 0 saturated heterocycles. The minimum absolute atomic E-state index is 0.154. The van der Waals surface area contributed by atoms with Crippen molar-refractivity contribution >= 4 is 12.1 Å². The molecule has 1 atom stereocenters. The molecule has 6 heteroatoms. The fourth-order valence-electron chi connectivity index (χ4n) is 2.80. The molecule has 0 saturated carbocycles. The van der Waals surface area contributed by atoms with E-state index in [1.807, 2.05) is 26.0 Å². The molecule has 6 nitrogen and oxygen atoms in total. The maximum Gasteiger partial charge on any atom is 0.271 e. The number of benzene rings is 2. The van der Waals surface area contributed by atoms with Gasteiger partial charge in [0.1, 0.15) is 23.4 Å². The Bertz CT molecular complexity index is 815. The van der Waals surface area contributed by atoms with Gasteiger partial charge < -0.3 is 14.2 Å². The summed E-state index contributed by atoms with van der Waals surface area (Å²) >= 11 is 0. The third-order valence-corrected chi connectivity index (χ3v) is 4.05. The number of methoxy groups -OCH3 is 1. The lowest BCUT2D eigenvalue weighted by molar-refractivity contribution is 0.0955. The molecule has 2 aromatic rings. The zero-order valence-corrected chi connectivity index (χ0v) is 15.1. The van der Waals surface area contributed by atoms with Crippen LogP contribution in [-0.4, -0.2) is 31.9 Å². The van der Waals surface area contributed by atoms with E-state index in [-0.39, 0.29) is 12.0 Å². The Kier molecular flexibility index (Phi) is 5.41. The molecule has 1 N–H and O–H groups in total. The van der Waals surface area contributed by atoms with Crippen LogP contribution in [0.15, 0.2) is 41.5 Å². The largest absolute Gasteiger partial charge is 0.497 e. The van der Waals surface area contributed by atoms with Crippen LogP contribution < -0.4 is 19.6 Å². The number of carbonyl (C=O) groups excluding carboxylic acids is 1. The van der Waals surface area contributed by atoms with Crippen molar-refractivity contribution in [2.75, 3.05) is 13.7 Å². The van der Waals surface area contributed by atoms with E-state index in [4.69, 9.17) is 14.2 Å². The SMILES string of the molecule is CCOc1cc2c(cc1/C=N\NC(=O)c1ccc(OC)cc1)O[C@@H](C)C2. The molecule has 0 spiro atoms. The number of ether oxygens (including phenoxy) is 3. The molecule has 1 heterocycles. The molecular weight excluding hydrogens is 332 g/mol. The van der Waals surface area contributed by atoms with Gasteiger partial charge in [-0.1, -0.05) is 0 Å². The van der Waals surface area contributed by atoms with Gasteiger partial charge in [0.05, 0.1) is 19.9 Å². The Labute approximate surface area is 152 Å². The van der Waals surface area contributed by atoms with E-state index in [0.29, 0.717) is 17.9 Å². The molecule has 26 heavy (non-hydrogen) atoms. The topological polar surface area (TPSA) is 69.2 Å². The molecule has 1 aliphatic rings. The number of hydrogen-bond donors (Lipinski definition) is 1. The second-order valence-corrected chi connectivity index (χ2v) is 5.99. The Hall–Kier alpha value is -3.02. The van der Waals surface area contributed by atoms with Crippen molar-refractivity contribution in [1.29, 1.82) is 0 Å². The maximum absolute atomic E-state index is 12.2. The van der Waals surface area contributed by atoms with Crippen molar-refractivity contribution in [3.63, 3.8) is 0 Å². The average Bonchev–Trinajstić information content (AvgIpc) is 3.01. The van der Waals surface area contributed by atoms with E-state index in [9.17, 15) is 4.79 Å². The normalized spacial score (nSPS) is 15.4. The fourth-order valence-corrected chi connectivity index (χ4v) is 2.80. The lowest BCUT2D eigenvalue weighted by Gasteiger charge is -2.09. The zero-order chi connectivity index (χ0) is 18.5. The number of nitrogens with one attached hydrogen (secondary N) is 1. The van der Waals surface area contributed by atoms with E-state index >= 15 is 0 Å². The summed E-state index contributed by atoms with van der Waals surface area (Å²) in [6, 6.07) is 10.7. The highest BCUT2D eigenvalue weighted by atomic mass is 16.5. The van der Waals surface area contributed by atoms with Crippen LogP contribution in [0.3, 0.4) is 0 Å². The quantitative estimate of drug-likeness (QED) is 0.639. The number of hydrogen-bond acceptors (Lipinski definition) is 5. The maximum atomic E-state index is 12.2. The van der Waals surface area contributed by atoms with Gasteiger partial charge in [-0.3, -0.25) is 4.79 Å². The number of nitrogens with zero attached hydrogens (tertiary/aromatic N) is 1. The van der Waals surface area contributed by atoms with Crippen LogP contribution in [0, 0.1) is 0 Å². The Morgan fingerprint density at radius 2 is 2.12 bits per heavy atom. The first-order valence-corrected chi connectivity index (χ1v) is 8.54. The van der Waals surface area contributed by atoms with Crippen molar-refractivity contribution < 1.29 is 19.0 Å². The summed E-state index contributed by atoms with van der Waals surface area (Å²) in [5.41, 5.74) is 4.91. The number of rotatable bonds is 6. The summed E-state index contributed by atoms with van der Waals surface area (Å²) < 4.78 is 16.6. The van der Waals surface area contributed by atoms with Gasteiger partial charge >= 0.3 is 0 Å². The van der Waals surface area contributed by atoms with E-state index in [0.717, 1.165) is 29.0 Å². The lowest BCUT2D eigenvalue weighted by atomic mass is 10.1. The van der Waals surface area contributed by atoms with Crippen LogP contribution in [0.1, 0.15) is 35.3 Å². The van der Waals surface area contributed by atoms with Crippen molar-refractivity contribution in [2.24, 2.45) is 5.10 Å². The Balaban J connectivity index is 1.73. The Morgan fingerprint density at radius 3 is 2.81 bits per heavy atom. The zero-order valence-electron chi connectivity index (χ0n) is 15.1. The van der Waals surface area contributed by atoms with Crippen LogP contribution in [0.5, 0.6) is 17.2 Å². The van der Waals surface area contributed by atoms with Crippen LogP contribution in [-0.2, 0) is 6.42 Å². The molecule has 3 rings (SSSR count). The Morgan fingerprint density at radius 1 is 1.35 bits per heavy atom. The van der Waals surface area contributed by atoms with Gasteiger partial charge in [0.2, 0.25) is 0 Å². The molecule has 1 aliphatic heterocycles. The molecule has 0 unspecified atom stereocenters. The highest BCUT2D eigenvalue weighted by Crippen LogP contribution is 2.34. The summed E-state index contributed by atoms with van der Waals surface area (Å²) in [7, 11) is 1.58. The van der Waals surface area contributed by atoms with Gasteiger partial charge in [-0.2, -0.15) is 5.10 Å². The third-order valence-electron chi connectivity index (χ3n) is 4.05. The first kappa shape index (κ1) is 17.8. The molecule has 2 aromatic carbocycles. The van der Waals surface area contributed by atoms with Crippen LogP contribution in [0.4, 0.5) is 0 Å². The lowest BCUT2D eigenvalue weighted by Crippen LogP contribution is -2.17. The highest BCUT2D eigenvalue weighted by molar-refractivity contribution is 5.95. The average molecular weight is 354 g/mol. The van der Waals surface area contributed by atoms with Crippen molar-refractivity contribution in [3.8, 4) is 17.2 Å². The van der Waals surface area contributed by atoms with Crippen LogP contribution >= 0.6 is 0 Å². The number of fused-ring (bicyclic) bond motifs is 1. The van der Waals surface area contributed by atoms with Crippen LogP contribution in [0.25, 0.3) is 0 Å². The highest BCUT2D eigenvalue weighted by Gasteiger charge is 2.21. The first-order valence-electron chi connectivity index (χ1n) is 8.54. The monoisotopic (exact) mass is 354 g/mol. The van der Waals surface area contributed by atoms with E-state index in [1.54, 1.807) is 37.6 Å². The van der Waals surface area contributed by atoms with E-state index in [2.05, 4.69) is 10.5 Å². The van der Waals surface area contributed by atoms with Crippen molar-refractivity contribution in [3.05, 3.63) is 53.1 Å². The first-order chi connectivity index (χ1) is 12.6. The molecule has 1 amide bonds. The van der Waals surface area contributed by atoms with Gasteiger partial charge in [-0.25, -0.2) is 5.43 Å². The standard InChI is InChI=1S/C20H22N2O4/c1-4-25-18-10-15-9-13(2)26-19(15)11-16(18)12-21-22-20(23)14-5-7-17(24-3)8-6-14/h5-8,10-13H,4,9H2,1-3H3,(H,22,23)/b21-12-/t13-/m0/s1. The smallest absolute Gasteiger partial charge is 0.271 e. The molecule has 0 fully saturated rings. The molecule has 136 valence electrons. The van der Waals surface area contributed by atoms with Gasteiger partial charge in [-0.05, 0) is 50.2 Å². The molecule has 0 radical (unpaired) electrons. The predicted molar refractivity (Wildman–Crippen MR) is 99.5 cm³/mol. The second kappa shape index (κ2) is 7.91. The minimum atomic E-state index is -0.298. The third kappa shape index (κ3) is 3.96. The number of carbonyl (C=O) groups is 1. The number of amides is 1. The predicted octanol–water partition coefficient (Wildman–Crippen LogP) is 3.18. The van der Waals surface area contributed by atoms with Gasteiger partial charge in [-0.15, -0.1) is 0 Å². The molecular formula is C20H22N2O4. The van der Waals surface area contributed by atoms with Gasteiger partial charge in [0.25, 0.3) is 5.91 Å². The minimum Gasteiger partial charge on any atom is -0.497 e. The fraction of sp³-hybridized carbons (Fsp3) is 0.300. The summed E-state index contributed by atoms with van der Waals surface area (Å²) in [5.74, 6) is 1.96. The summed E-state index contributed by atoms with van der Waals surface area (Å²) in [5, 5.41) is 4.06. The number of hydrazone groups is 1. The van der Waals surface area contributed by atoms with E-state index < -0.39 is 0 Å². The second-order valence-electron chi connectivity index (χ2n) is 5.99. The van der Waals surface area contributed by atoms with E-state index in [1.165, 1.54) is 0 Å². The summed E-state index contributed by atoms with van der Waals surface area (Å²) in [4.78, 5) is 12.2. The van der Waals surface area contributed by atoms with Gasteiger partial charge in [0, 0.05) is 23.1 Å². The van der Waals surface area contributed by atoms with Crippen molar-refractivity contribution in [1.82, 2.24) is 5.43 Å².